The first-order valence-electron chi connectivity index (χ1n) is 41.0. The summed E-state index contributed by atoms with van der Waals surface area (Å²) < 4.78 is 68.7. The molecule has 0 saturated carbocycles. The summed E-state index contributed by atoms with van der Waals surface area (Å²) in [6.07, 6.45) is 59.5. The number of hydrogen-bond acceptors (Lipinski definition) is 15. The predicted molar refractivity (Wildman–Crippen MR) is 400 cm³/mol. The van der Waals surface area contributed by atoms with Crippen LogP contribution in [0.2, 0.25) is 0 Å². The van der Waals surface area contributed by atoms with Gasteiger partial charge in [0.15, 0.2) is 12.2 Å². The first-order valence-corrected chi connectivity index (χ1v) is 44.0. The molecule has 0 aromatic heterocycles. The minimum atomic E-state index is -4.96. The SMILES string of the molecule is CCCCCCCCCCCCCCCCCCCC(=O)O[C@H](COC(=O)CCCCCCCCCCCCCCCCCC)COP(=O)(O)OC[C@@H](O)COP(=O)(O)OC[C@@H](COC(=O)CCCCCCCCCCC(C)CC)OC(=O)CCCCCCCCCCCCC(C)C. The van der Waals surface area contributed by atoms with Crippen LogP contribution in [0.5, 0.6) is 0 Å². The van der Waals surface area contributed by atoms with E-state index in [0.717, 1.165) is 102 Å². The molecule has 3 unspecified atom stereocenters. The van der Waals surface area contributed by atoms with Gasteiger partial charge in [-0.15, -0.1) is 0 Å². The van der Waals surface area contributed by atoms with Crippen LogP contribution in [0.4, 0.5) is 0 Å². The summed E-state index contributed by atoms with van der Waals surface area (Å²) in [5.74, 6) is -0.581. The minimum Gasteiger partial charge on any atom is -0.462 e. The molecule has 582 valence electrons. The Morgan fingerprint density at radius 3 is 0.776 bits per heavy atom. The fourth-order valence-electron chi connectivity index (χ4n) is 12.2. The number of carbonyl (C=O) groups is 4. The number of rotatable bonds is 78. The van der Waals surface area contributed by atoms with Gasteiger partial charge in [0.25, 0.3) is 0 Å². The van der Waals surface area contributed by atoms with Crippen LogP contribution in [-0.2, 0) is 65.4 Å². The Kier molecular flexibility index (Phi) is 69.3. The second-order valence-corrected chi connectivity index (χ2v) is 32.1. The van der Waals surface area contributed by atoms with E-state index >= 15 is 0 Å². The highest BCUT2D eigenvalue weighted by atomic mass is 31.2. The maximum atomic E-state index is 13.1. The van der Waals surface area contributed by atoms with E-state index in [4.69, 9.17) is 37.0 Å². The van der Waals surface area contributed by atoms with E-state index in [-0.39, 0.29) is 25.7 Å². The van der Waals surface area contributed by atoms with Crippen LogP contribution >= 0.6 is 15.6 Å². The van der Waals surface area contributed by atoms with Crippen LogP contribution in [-0.4, -0.2) is 96.7 Å². The van der Waals surface area contributed by atoms with Gasteiger partial charge < -0.3 is 33.8 Å². The van der Waals surface area contributed by atoms with Crippen LogP contribution in [0.1, 0.15) is 414 Å². The van der Waals surface area contributed by atoms with E-state index in [0.29, 0.717) is 25.7 Å². The average Bonchev–Trinajstić information content (AvgIpc) is 0.963. The van der Waals surface area contributed by atoms with Crippen LogP contribution in [0.15, 0.2) is 0 Å². The van der Waals surface area contributed by atoms with Crippen molar-refractivity contribution in [1.29, 1.82) is 0 Å². The summed E-state index contributed by atoms with van der Waals surface area (Å²) in [7, 11) is -9.92. The lowest BCUT2D eigenvalue weighted by atomic mass is 9.99. The molecule has 0 aliphatic rings. The zero-order valence-electron chi connectivity index (χ0n) is 64.1. The van der Waals surface area contributed by atoms with Crippen molar-refractivity contribution < 1.29 is 80.2 Å². The number of unbranched alkanes of at least 4 members (excludes halogenated alkanes) is 47. The largest absolute Gasteiger partial charge is 0.472 e. The molecule has 0 spiro atoms. The Hall–Kier alpha value is -1.94. The number of aliphatic hydroxyl groups excluding tert-OH is 1. The van der Waals surface area contributed by atoms with Crippen molar-refractivity contribution >= 4 is 39.5 Å². The Morgan fingerprint density at radius 2 is 0.520 bits per heavy atom. The molecule has 0 bridgehead atoms. The normalized spacial score (nSPS) is 14.2. The Balaban J connectivity index is 5.26. The van der Waals surface area contributed by atoms with Crippen LogP contribution < -0.4 is 0 Å². The van der Waals surface area contributed by atoms with Crippen molar-refractivity contribution in [3.63, 3.8) is 0 Å². The zero-order valence-corrected chi connectivity index (χ0v) is 65.9. The van der Waals surface area contributed by atoms with Gasteiger partial charge in [-0.1, -0.05) is 363 Å². The number of hydrogen-bond donors (Lipinski definition) is 3. The maximum absolute atomic E-state index is 13.1. The molecule has 0 aliphatic carbocycles. The van der Waals surface area contributed by atoms with E-state index in [1.807, 2.05) is 0 Å². The number of phosphoric ester groups is 2. The summed E-state index contributed by atoms with van der Waals surface area (Å²) in [6, 6.07) is 0. The van der Waals surface area contributed by atoms with Crippen LogP contribution in [0, 0.1) is 11.8 Å². The highest BCUT2D eigenvalue weighted by Crippen LogP contribution is 2.45. The van der Waals surface area contributed by atoms with Crippen molar-refractivity contribution in [3.8, 4) is 0 Å². The first kappa shape index (κ1) is 96.1. The lowest BCUT2D eigenvalue weighted by molar-refractivity contribution is -0.161. The first-order chi connectivity index (χ1) is 47.4. The molecule has 0 amide bonds. The Bertz CT molecular complexity index is 1890. The van der Waals surface area contributed by atoms with Gasteiger partial charge >= 0.3 is 39.5 Å². The van der Waals surface area contributed by atoms with Crippen molar-refractivity contribution in [2.75, 3.05) is 39.6 Å². The molecule has 0 fully saturated rings. The molecule has 17 nitrogen and oxygen atoms in total. The highest BCUT2D eigenvalue weighted by molar-refractivity contribution is 7.47. The monoisotopic (exact) mass is 1440 g/mol. The maximum Gasteiger partial charge on any atom is 0.472 e. The molecule has 0 heterocycles. The van der Waals surface area contributed by atoms with E-state index in [1.165, 1.54) is 231 Å². The second-order valence-electron chi connectivity index (χ2n) is 29.2. The quantitative estimate of drug-likeness (QED) is 0.0222. The third kappa shape index (κ3) is 71.1. The van der Waals surface area contributed by atoms with Gasteiger partial charge in [0.05, 0.1) is 26.4 Å². The molecule has 6 atom stereocenters. The number of phosphoric acid groups is 2. The summed E-state index contributed by atoms with van der Waals surface area (Å²) in [6.45, 7) is 9.62. The van der Waals surface area contributed by atoms with E-state index in [9.17, 15) is 43.2 Å². The highest BCUT2D eigenvalue weighted by Gasteiger charge is 2.30. The average molecular weight is 1440 g/mol. The molecule has 3 N–H and O–H groups in total. The lowest BCUT2D eigenvalue weighted by Gasteiger charge is -2.21. The number of esters is 4. The molecule has 0 rings (SSSR count). The molecule has 98 heavy (non-hydrogen) atoms. The number of ether oxygens (including phenoxy) is 4. The molecular formula is C79H154O17P2. The third-order valence-electron chi connectivity index (χ3n) is 18.8. The Labute approximate surface area is 600 Å². The summed E-state index contributed by atoms with van der Waals surface area (Å²) in [4.78, 5) is 73.0. The standard InChI is InChI=1S/C79H154O17P2/c1-7-10-12-14-16-18-20-22-24-26-28-30-32-37-45-51-57-63-78(83)95-74(67-89-76(81)61-55-49-43-36-31-29-27-25-23-21-19-17-15-13-11-8-2)69-93-97(85,86)91-65-73(80)66-92-98(87,88)94-70-75(68-90-77(82)62-56-50-44-40-39-42-48-54-60-72(6)9-3)96-79(84)64-58-52-46-38-34-33-35-41-47-53-59-71(4)5/h71-75,80H,7-70H2,1-6H3,(H,85,86)(H,87,88)/t72?,73-,74-,75-/m1/s1. The van der Waals surface area contributed by atoms with E-state index in [2.05, 4.69) is 41.5 Å². The van der Waals surface area contributed by atoms with E-state index < -0.39 is 97.5 Å². The van der Waals surface area contributed by atoms with Gasteiger partial charge in [0, 0.05) is 25.7 Å². The van der Waals surface area contributed by atoms with Gasteiger partial charge in [-0.3, -0.25) is 37.3 Å². The smallest absolute Gasteiger partial charge is 0.462 e. The molecule has 0 aromatic carbocycles. The van der Waals surface area contributed by atoms with Crippen molar-refractivity contribution in [2.45, 2.75) is 432 Å². The van der Waals surface area contributed by atoms with Crippen molar-refractivity contribution in [2.24, 2.45) is 11.8 Å². The molecule has 0 saturated heterocycles. The molecule has 0 aliphatic heterocycles. The third-order valence-corrected chi connectivity index (χ3v) is 20.7. The molecule has 19 heteroatoms. The number of carbonyl (C=O) groups excluding carboxylic acids is 4. The fraction of sp³-hybridized carbons (Fsp3) is 0.949. The summed E-state index contributed by atoms with van der Waals surface area (Å²) in [5.41, 5.74) is 0. The topological polar surface area (TPSA) is 237 Å². The fourth-order valence-corrected chi connectivity index (χ4v) is 13.7. The summed E-state index contributed by atoms with van der Waals surface area (Å²) in [5, 5.41) is 10.6. The molecule has 0 aromatic rings. The predicted octanol–water partition coefficient (Wildman–Crippen LogP) is 23.5. The van der Waals surface area contributed by atoms with Crippen molar-refractivity contribution in [1.82, 2.24) is 0 Å². The van der Waals surface area contributed by atoms with Crippen molar-refractivity contribution in [3.05, 3.63) is 0 Å². The van der Waals surface area contributed by atoms with Gasteiger partial charge in [-0.05, 0) is 37.5 Å². The van der Waals surface area contributed by atoms with Gasteiger partial charge in [-0.25, -0.2) is 9.13 Å². The van der Waals surface area contributed by atoms with Gasteiger partial charge in [0.2, 0.25) is 0 Å². The van der Waals surface area contributed by atoms with Crippen LogP contribution in [0.3, 0.4) is 0 Å². The molecule has 0 radical (unpaired) electrons. The van der Waals surface area contributed by atoms with Gasteiger partial charge in [0.1, 0.15) is 19.3 Å². The van der Waals surface area contributed by atoms with Gasteiger partial charge in [-0.2, -0.15) is 0 Å². The van der Waals surface area contributed by atoms with Crippen LogP contribution in [0.25, 0.3) is 0 Å². The summed E-state index contributed by atoms with van der Waals surface area (Å²) >= 11 is 0. The zero-order chi connectivity index (χ0) is 72.1. The van der Waals surface area contributed by atoms with E-state index in [1.54, 1.807) is 0 Å². The molecular weight excluding hydrogens is 1280 g/mol. The number of aliphatic hydroxyl groups is 1. The minimum absolute atomic E-state index is 0.106. The second kappa shape index (κ2) is 70.7. The Morgan fingerprint density at radius 1 is 0.296 bits per heavy atom. The lowest BCUT2D eigenvalue weighted by Crippen LogP contribution is -2.30.